The van der Waals surface area contributed by atoms with Crippen molar-refractivity contribution in [3.63, 3.8) is 0 Å². The van der Waals surface area contributed by atoms with E-state index in [0.717, 1.165) is 26.1 Å². The number of hydrogen-bond acceptors (Lipinski definition) is 3. The topological polar surface area (TPSA) is 73.5 Å². The molecule has 1 rings (SSSR count). The quantitative estimate of drug-likeness (QED) is 0.496. The molecule has 1 aliphatic rings. The molecule has 0 atom stereocenters. The van der Waals surface area contributed by atoms with E-state index in [9.17, 15) is 9.59 Å². The van der Waals surface area contributed by atoms with Gasteiger partial charge in [0.1, 0.15) is 0 Å². The molecule has 1 heterocycles. The lowest BCUT2D eigenvalue weighted by Gasteiger charge is -2.14. The molecule has 1 saturated heterocycles. The molecule has 0 saturated carbocycles. The Kier molecular flexibility index (Phi) is 5.63. The van der Waals surface area contributed by atoms with Crippen LogP contribution in [0.2, 0.25) is 0 Å². The Balaban J connectivity index is 1.99. The molecular formula is C10H20N4O2. The number of amides is 3. The van der Waals surface area contributed by atoms with Gasteiger partial charge in [0.05, 0.1) is 6.54 Å². The Morgan fingerprint density at radius 3 is 2.94 bits per heavy atom. The standard InChI is InChI=1S/C10H20N4O2/c1-2-3-12-9(15)8-11-4-6-14-7-5-13-10(14)16/h11H,2-8H2,1H3,(H,12,15)(H,13,16). The number of nitrogens with zero attached hydrogens (tertiary/aromatic N) is 1. The summed E-state index contributed by atoms with van der Waals surface area (Å²) in [7, 11) is 0. The van der Waals surface area contributed by atoms with Crippen molar-refractivity contribution in [3.8, 4) is 0 Å². The van der Waals surface area contributed by atoms with E-state index in [1.165, 1.54) is 0 Å². The van der Waals surface area contributed by atoms with Crippen LogP contribution in [0.15, 0.2) is 0 Å². The van der Waals surface area contributed by atoms with Gasteiger partial charge in [-0.05, 0) is 6.42 Å². The maximum atomic E-state index is 11.2. The van der Waals surface area contributed by atoms with Crippen molar-refractivity contribution in [2.45, 2.75) is 13.3 Å². The van der Waals surface area contributed by atoms with Crippen LogP contribution in [0.25, 0.3) is 0 Å². The summed E-state index contributed by atoms with van der Waals surface area (Å²) in [6, 6.07) is -0.0164. The third-order valence-electron chi connectivity index (χ3n) is 2.36. The minimum Gasteiger partial charge on any atom is -0.355 e. The van der Waals surface area contributed by atoms with Crippen molar-refractivity contribution < 1.29 is 9.59 Å². The lowest BCUT2D eigenvalue weighted by molar-refractivity contribution is -0.120. The van der Waals surface area contributed by atoms with Crippen LogP contribution in [0.1, 0.15) is 13.3 Å². The summed E-state index contributed by atoms with van der Waals surface area (Å²) in [6.07, 6.45) is 0.944. The van der Waals surface area contributed by atoms with Gasteiger partial charge in [0.25, 0.3) is 0 Å². The van der Waals surface area contributed by atoms with E-state index in [2.05, 4.69) is 16.0 Å². The first kappa shape index (κ1) is 12.8. The van der Waals surface area contributed by atoms with E-state index in [4.69, 9.17) is 0 Å². The zero-order valence-corrected chi connectivity index (χ0v) is 9.71. The molecule has 0 spiro atoms. The third kappa shape index (κ3) is 4.48. The SMILES string of the molecule is CCCNC(=O)CNCCN1CCNC1=O. The van der Waals surface area contributed by atoms with Crippen LogP contribution in [-0.2, 0) is 4.79 Å². The molecule has 1 aliphatic heterocycles. The lowest BCUT2D eigenvalue weighted by atomic mass is 10.4. The molecule has 3 N–H and O–H groups in total. The van der Waals surface area contributed by atoms with E-state index in [0.29, 0.717) is 19.6 Å². The van der Waals surface area contributed by atoms with Crippen LogP contribution >= 0.6 is 0 Å². The molecule has 0 aromatic rings. The third-order valence-corrected chi connectivity index (χ3v) is 2.36. The Morgan fingerprint density at radius 2 is 2.31 bits per heavy atom. The monoisotopic (exact) mass is 228 g/mol. The summed E-state index contributed by atoms with van der Waals surface area (Å²) in [6.45, 7) is 5.81. The van der Waals surface area contributed by atoms with Crippen molar-refractivity contribution in [1.82, 2.24) is 20.9 Å². The van der Waals surface area contributed by atoms with Crippen molar-refractivity contribution in [3.05, 3.63) is 0 Å². The van der Waals surface area contributed by atoms with E-state index >= 15 is 0 Å². The fourth-order valence-electron chi connectivity index (χ4n) is 1.47. The molecule has 16 heavy (non-hydrogen) atoms. The van der Waals surface area contributed by atoms with Crippen molar-refractivity contribution in [2.24, 2.45) is 0 Å². The maximum absolute atomic E-state index is 11.2. The van der Waals surface area contributed by atoms with Crippen LogP contribution in [0.3, 0.4) is 0 Å². The second-order valence-electron chi connectivity index (χ2n) is 3.75. The van der Waals surface area contributed by atoms with Crippen LogP contribution in [0.5, 0.6) is 0 Å². The van der Waals surface area contributed by atoms with Crippen LogP contribution in [0.4, 0.5) is 4.79 Å². The van der Waals surface area contributed by atoms with E-state index in [1.54, 1.807) is 4.90 Å². The second-order valence-corrected chi connectivity index (χ2v) is 3.75. The Hall–Kier alpha value is -1.30. The summed E-state index contributed by atoms with van der Waals surface area (Å²) < 4.78 is 0. The predicted octanol–water partition coefficient (Wildman–Crippen LogP) is -0.873. The number of carbonyl (C=O) groups excluding carboxylic acids is 2. The van der Waals surface area contributed by atoms with Gasteiger partial charge in [-0.25, -0.2) is 4.79 Å². The van der Waals surface area contributed by atoms with Crippen molar-refractivity contribution in [1.29, 1.82) is 0 Å². The molecule has 0 aromatic heterocycles. The zero-order valence-electron chi connectivity index (χ0n) is 9.71. The fraction of sp³-hybridized carbons (Fsp3) is 0.800. The highest BCUT2D eigenvalue weighted by Gasteiger charge is 2.18. The van der Waals surface area contributed by atoms with Gasteiger partial charge in [-0.15, -0.1) is 0 Å². The number of carbonyl (C=O) groups is 2. The number of urea groups is 1. The molecule has 92 valence electrons. The maximum Gasteiger partial charge on any atom is 0.317 e. The molecule has 0 aromatic carbocycles. The fourth-order valence-corrected chi connectivity index (χ4v) is 1.47. The highest BCUT2D eigenvalue weighted by Crippen LogP contribution is 1.93. The largest absolute Gasteiger partial charge is 0.355 e. The molecule has 0 radical (unpaired) electrons. The van der Waals surface area contributed by atoms with Gasteiger partial charge in [-0.3, -0.25) is 4.79 Å². The first-order valence-corrected chi connectivity index (χ1v) is 5.74. The van der Waals surface area contributed by atoms with Gasteiger partial charge in [0.2, 0.25) is 5.91 Å². The van der Waals surface area contributed by atoms with Gasteiger partial charge in [0, 0.05) is 32.7 Å². The van der Waals surface area contributed by atoms with Crippen molar-refractivity contribution >= 4 is 11.9 Å². The normalized spacial score (nSPS) is 15.1. The summed E-state index contributed by atoms with van der Waals surface area (Å²) in [5, 5.41) is 8.51. The first-order valence-electron chi connectivity index (χ1n) is 5.74. The minimum absolute atomic E-state index is 0.00715. The Morgan fingerprint density at radius 1 is 1.50 bits per heavy atom. The molecule has 3 amide bonds. The average Bonchev–Trinajstić information content (AvgIpc) is 2.67. The van der Waals surface area contributed by atoms with Gasteiger partial charge < -0.3 is 20.9 Å². The average molecular weight is 228 g/mol. The van der Waals surface area contributed by atoms with E-state index in [1.807, 2.05) is 6.92 Å². The highest BCUT2D eigenvalue weighted by atomic mass is 16.2. The lowest BCUT2D eigenvalue weighted by Crippen LogP contribution is -2.39. The second kappa shape index (κ2) is 7.05. The molecule has 6 nitrogen and oxygen atoms in total. The summed E-state index contributed by atoms with van der Waals surface area (Å²) in [4.78, 5) is 24.1. The van der Waals surface area contributed by atoms with Crippen molar-refractivity contribution in [2.75, 3.05) is 39.3 Å². The Bertz CT molecular complexity index is 245. The predicted molar refractivity (Wildman–Crippen MR) is 61.1 cm³/mol. The minimum atomic E-state index is -0.0164. The number of rotatable bonds is 7. The highest BCUT2D eigenvalue weighted by molar-refractivity contribution is 5.78. The van der Waals surface area contributed by atoms with Gasteiger partial charge in [0.15, 0.2) is 0 Å². The zero-order chi connectivity index (χ0) is 11.8. The molecule has 0 bridgehead atoms. The summed E-state index contributed by atoms with van der Waals surface area (Å²) in [5.41, 5.74) is 0. The van der Waals surface area contributed by atoms with E-state index in [-0.39, 0.29) is 11.9 Å². The Labute approximate surface area is 95.8 Å². The number of hydrogen-bond donors (Lipinski definition) is 3. The van der Waals surface area contributed by atoms with Crippen LogP contribution in [-0.4, -0.2) is 56.1 Å². The number of nitrogens with one attached hydrogen (secondary N) is 3. The van der Waals surface area contributed by atoms with Gasteiger partial charge >= 0.3 is 6.03 Å². The summed E-state index contributed by atoms with van der Waals surface area (Å²) >= 11 is 0. The molecule has 6 heteroatoms. The smallest absolute Gasteiger partial charge is 0.317 e. The van der Waals surface area contributed by atoms with Gasteiger partial charge in [-0.1, -0.05) is 6.92 Å². The molecule has 0 aliphatic carbocycles. The molecule has 1 fully saturated rings. The van der Waals surface area contributed by atoms with Gasteiger partial charge in [-0.2, -0.15) is 0 Å². The van der Waals surface area contributed by atoms with Crippen LogP contribution < -0.4 is 16.0 Å². The molecular weight excluding hydrogens is 208 g/mol. The molecule has 0 unspecified atom stereocenters. The van der Waals surface area contributed by atoms with E-state index < -0.39 is 0 Å². The first-order chi connectivity index (χ1) is 7.74. The van der Waals surface area contributed by atoms with Crippen LogP contribution in [0, 0.1) is 0 Å². The summed E-state index contributed by atoms with van der Waals surface area (Å²) in [5.74, 6) is 0.00715.